The third-order valence-electron chi connectivity index (χ3n) is 5.47. The Bertz CT molecular complexity index is 653. The van der Waals surface area contributed by atoms with Gasteiger partial charge in [0.15, 0.2) is 0 Å². The molecule has 3 aliphatic heterocycles. The van der Waals surface area contributed by atoms with Crippen molar-refractivity contribution in [1.82, 2.24) is 14.7 Å². The molecule has 1 aromatic rings. The quantitative estimate of drug-likeness (QED) is 0.767. The molecule has 1 aromatic carbocycles. The zero-order chi connectivity index (χ0) is 17.4. The van der Waals surface area contributed by atoms with Crippen LogP contribution in [0.4, 0.5) is 10.5 Å². The molecule has 1 atom stereocenters. The molecule has 7 heteroatoms. The average molecular weight is 363 g/mol. The summed E-state index contributed by atoms with van der Waals surface area (Å²) in [4.78, 5) is 32.5. The molecule has 0 spiro atoms. The van der Waals surface area contributed by atoms with Crippen molar-refractivity contribution in [2.75, 3.05) is 50.7 Å². The minimum atomic E-state index is -0.188. The highest BCUT2D eigenvalue weighted by atomic mass is 35.5. The number of hydrogen-bond donors (Lipinski definition) is 0. The lowest BCUT2D eigenvalue weighted by molar-refractivity contribution is -0.128. The monoisotopic (exact) mass is 362 g/mol. The van der Waals surface area contributed by atoms with Gasteiger partial charge < -0.3 is 9.80 Å². The standard InChI is InChI=1S/C18H23ClN4O2/c19-14-3-1-4-15(13-14)21-10-7-20(8-11-21)9-12-23-17(24)16-5-2-6-22(16)18(23)25/h1,3-4,13,16H,2,5-12H2. The highest BCUT2D eigenvalue weighted by Crippen LogP contribution is 2.27. The molecule has 134 valence electrons. The summed E-state index contributed by atoms with van der Waals surface area (Å²) < 4.78 is 0. The topological polar surface area (TPSA) is 47.1 Å². The van der Waals surface area contributed by atoms with Gasteiger partial charge in [0.05, 0.1) is 0 Å². The number of urea groups is 1. The molecule has 3 aliphatic rings. The van der Waals surface area contributed by atoms with Crippen LogP contribution >= 0.6 is 11.6 Å². The molecule has 3 heterocycles. The van der Waals surface area contributed by atoms with Crippen LogP contribution in [0, 0.1) is 0 Å². The van der Waals surface area contributed by atoms with E-state index in [1.165, 1.54) is 4.90 Å². The van der Waals surface area contributed by atoms with Crippen LogP contribution in [-0.2, 0) is 4.79 Å². The fourth-order valence-corrected chi connectivity index (χ4v) is 4.22. The van der Waals surface area contributed by atoms with Crippen LogP contribution in [0.5, 0.6) is 0 Å². The summed E-state index contributed by atoms with van der Waals surface area (Å²) in [5.41, 5.74) is 1.15. The highest BCUT2D eigenvalue weighted by molar-refractivity contribution is 6.30. The Morgan fingerprint density at radius 1 is 1.04 bits per heavy atom. The lowest BCUT2D eigenvalue weighted by Crippen LogP contribution is -2.49. The van der Waals surface area contributed by atoms with E-state index in [-0.39, 0.29) is 18.0 Å². The number of fused-ring (bicyclic) bond motifs is 1. The SMILES string of the molecule is O=C1C2CCCN2C(=O)N1CCN1CCN(c2cccc(Cl)c2)CC1. The molecule has 1 unspecified atom stereocenters. The molecule has 0 aromatic heterocycles. The lowest BCUT2D eigenvalue weighted by atomic mass is 10.2. The van der Waals surface area contributed by atoms with Gasteiger partial charge in [-0.05, 0) is 31.0 Å². The van der Waals surface area contributed by atoms with Crippen LogP contribution in [0.1, 0.15) is 12.8 Å². The summed E-state index contributed by atoms with van der Waals surface area (Å²) in [7, 11) is 0. The summed E-state index contributed by atoms with van der Waals surface area (Å²) in [5, 5.41) is 0.756. The molecule has 3 saturated heterocycles. The van der Waals surface area contributed by atoms with E-state index < -0.39 is 0 Å². The Hall–Kier alpha value is -1.79. The summed E-state index contributed by atoms with van der Waals surface area (Å²) >= 11 is 6.07. The molecule has 4 rings (SSSR count). The molecule has 0 radical (unpaired) electrons. The van der Waals surface area contributed by atoms with Crippen LogP contribution in [0.25, 0.3) is 0 Å². The number of rotatable bonds is 4. The van der Waals surface area contributed by atoms with Gasteiger partial charge in [-0.2, -0.15) is 0 Å². The zero-order valence-corrected chi connectivity index (χ0v) is 15.0. The van der Waals surface area contributed by atoms with Crippen molar-refractivity contribution in [3.63, 3.8) is 0 Å². The first-order valence-electron chi connectivity index (χ1n) is 8.98. The largest absolute Gasteiger partial charge is 0.369 e. The minimum absolute atomic E-state index is 0.0000587. The molecule has 0 aliphatic carbocycles. The number of carbonyl (C=O) groups is 2. The van der Waals surface area contributed by atoms with Crippen molar-refractivity contribution in [3.8, 4) is 0 Å². The van der Waals surface area contributed by atoms with E-state index in [2.05, 4.69) is 15.9 Å². The fourth-order valence-electron chi connectivity index (χ4n) is 4.03. The number of hydrogen-bond acceptors (Lipinski definition) is 4. The summed E-state index contributed by atoms with van der Waals surface area (Å²) in [6, 6.07) is 7.65. The molecule has 3 fully saturated rings. The van der Waals surface area contributed by atoms with Crippen molar-refractivity contribution in [1.29, 1.82) is 0 Å². The van der Waals surface area contributed by atoms with Gasteiger partial charge in [-0.1, -0.05) is 17.7 Å². The van der Waals surface area contributed by atoms with Crippen LogP contribution in [0.3, 0.4) is 0 Å². The van der Waals surface area contributed by atoms with Gasteiger partial charge in [0, 0.05) is 56.5 Å². The van der Waals surface area contributed by atoms with Crippen molar-refractivity contribution >= 4 is 29.2 Å². The number of amides is 3. The first-order valence-corrected chi connectivity index (χ1v) is 9.36. The van der Waals surface area contributed by atoms with Gasteiger partial charge in [0.2, 0.25) is 0 Å². The normalized spacial score (nSPS) is 24.4. The maximum atomic E-state index is 12.4. The lowest BCUT2D eigenvalue weighted by Gasteiger charge is -2.36. The number of nitrogens with zero attached hydrogens (tertiary/aromatic N) is 4. The van der Waals surface area contributed by atoms with E-state index in [0.717, 1.165) is 62.8 Å². The number of benzene rings is 1. The van der Waals surface area contributed by atoms with Crippen molar-refractivity contribution < 1.29 is 9.59 Å². The second-order valence-corrected chi connectivity index (χ2v) is 7.37. The second kappa shape index (κ2) is 6.84. The Morgan fingerprint density at radius 2 is 1.84 bits per heavy atom. The number of imide groups is 1. The maximum Gasteiger partial charge on any atom is 0.327 e. The number of carbonyl (C=O) groups excluding carboxylic acids is 2. The van der Waals surface area contributed by atoms with E-state index >= 15 is 0 Å². The van der Waals surface area contributed by atoms with Crippen LogP contribution in [0.2, 0.25) is 5.02 Å². The third kappa shape index (κ3) is 3.20. The van der Waals surface area contributed by atoms with Crippen molar-refractivity contribution in [2.24, 2.45) is 0 Å². The second-order valence-electron chi connectivity index (χ2n) is 6.93. The van der Waals surface area contributed by atoms with E-state index in [1.807, 2.05) is 18.2 Å². The third-order valence-corrected chi connectivity index (χ3v) is 5.70. The smallest absolute Gasteiger partial charge is 0.327 e. The van der Waals surface area contributed by atoms with Crippen molar-refractivity contribution in [3.05, 3.63) is 29.3 Å². The van der Waals surface area contributed by atoms with E-state index in [0.29, 0.717) is 6.54 Å². The van der Waals surface area contributed by atoms with E-state index in [1.54, 1.807) is 4.90 Å². The minimum Gasteiger partial charge on any atom is -0.369 e. The highest BCUT2D eigenvalue weighted by Gasteiger charge is 2.47. The predicted octanol–water partition coefficient (Wildman–Crippen LogP) is 1.89. The summed E-state index contributed by atoms with van der Waals surface area (Å²) in [5.74, 6) is 0.0000587. The maximum absolute atomic E-state index is 12.4. The fraction of sp³-hybridized carbons (Fsp3) is 0.556. The molecule has 0 saturated carbocycles. The average Bonchev–Trinajstić information content (AvgIpc) is 3.19. The van der Waals surface area contributed by atoms with Crippen molar-refractivity contribution in [2.45, 2.75) is 18.9 Å². The molecular weight excluding hydrogens is 340 g/mol. The number of anilines is 1. The molecule has 25 heavy (non-hydrogen) atoms. The molecule has 6 nitrogen and oxygen atoms in total. The predicted molar refractivity (Wildman–Crippen MR) is 96.9 cm³/mol. The number of halogens is 1. The molecule has 0 bridgehead atoms. The van der Waals surface area contributed by atoms with Gasteiger partial charge >= 0.3 is 6.03 Å². The Morgan fingerprint density at radius 3 is 2.56 bits per heavy atom. The van der Waals surface area contributed by atoms with Crippen LogP contribution in [-0.4, -0.2) is 78.5 Å². The van der Waals surface area contributed by atoms with Gasteiger partial charge in [0.25, 0.3) is 5.91 Å². The first kappa shape index (κ1) is 16.7. The Kier molecular flexibility index (Phi) is 4.56. The Balaban J connectivity index is 1.28. The zero-order valence-electron chi connectivity index (χ0n) is 14.2. The first-order chi connectivity index (χ1) is 12.1. The van der Waals surface area contributed by atoms with Gasteiger partial charge in [0.1, 0.15) is 6.04 Å². The van der Waals surface area contributed by atoms with E-state index in [9.17, 15) is 9.59 Å². The number of piperazine rings is 1. The molecule has 0 N–H and O–H groups in total. The van der Waals surface area contributed by atoms with Crippen LogP contribution in [0.15, 0.2) is 24.3 Å². The summed E-state index contributed by atoms with van der Waals surface area (Å²) in [6.07, 6.45) is 1.76. The Labute approximate surface area is 152 Å². The molecule has 3 amide bonds. The molecular formula is C18H23ClN4O2. The van der Waals surface area contributed by atoms with Crippen LogP contribution < -0.4 is 4.90 Å². The summed E-state index contributed by atoms with van der Waals surface area (Å²) in [6.45, 7) is 5.69. The van der Waals surface area contributed by atoms with E-state index in [4.69, 9.17) is 11.6 Å². The van der Waals surface area contributed by atoms with Gasteiger partial charge in [-0.25, -0.2) is 4.79 Å². The van der Waals surface area contributed by atoms with Gasteiger partial charge in [-0.15, -0.1) is 0 Å². The van der Waals surface area contributed by atoms with Gasteiger partial charge in [-0.3, -0.25) is 14.6 Å².